The van der Waals surface area contributed by atoms with Gasteiger partial charge in [-0.2, -0.15) is 26.3 Å². The molecular formula is C28H32F7N3O2S. The van der Waals surface area contributed by atoms with Crippen LogP contribution in [0.1, 0.15) is 74.0 Å². The molecule has 0 spiro atoms. The second kappa shape index (κ2) is 11.7. The van der Waals surface area contributed by atoms with Gasteiger partial charge in [-0.05, 0) is 87.7 Å². The van der Waals surface area contributed by atoms with Crippen molar-refractivity contribution in [2.75, 3.05) is 13.6 Å². The molecule has 41 heavy (non-hydrogen) atoms. The third-order valence-electron chi connectivity index (χ3n) is 6.87. The molecule has 0 saturated carbocycles. The van der Waals surface area contributed by atoms with E-state index in [2.05, 4.69) is 4.72 Å². The van der Waals surface area contributed by atoms with Crippen molar-refractivity contribution in [2.24, 2.45) is 0 Å². The molecule has 0 saturated heterocycles. The van der Waals surface area contributed by atoms with Gasteiger partial charge in [-0.15, -0.1) is 0 Å². The van der Waals surface area contributed by atoms with Gasteiger partial charge in [0.15, 0.2) is 0 Å². The topological polar surface area (TPSA) is 52.7 Å². The molecule has 0 radical (unpaired) electrons. The summed E-state index contributed by atoms with van der Waals surface area (Å²) in [6.07, 6.45) is -8.13. The van der Waals surface area contributed by atoms with Crippen molar-refractivity contribution >= 4 is 17.0 Å². The zero-order valence-corrected chi connectivity index (χ0v) is 24.2. The van der Waals surface area contributed by atoms with Crippen molar-refractivity contribution in [1.82, 2.24) is 14.5 Å². The molecule has 1 N–H and O–H groups in total. The first-order valence-corrected chi connectivity index (χ1v) is 13.8. The number of carbonyl (C=O) groups excluding carboxylic acids is 1. The molecule has 0 fully saturated rings. The van der Waals surface area contributed by atoms with Crippen molar-refractivity contribution < 1.29 is 39.7 Å². The molecule has 1 aliphatic rings. The number of alkyl halides is 6. The third kappa shape index (κ3) is 7.60. The number of halogens is 7. The third-order valence-corrected chi connectivity index (χ3v) is 8.43. The summed E-state index contributed by atoms with van der Waals surface area (Å²) in [5, 5.41) is 0. The Kier molecular flexibility index (Phi) is 9.22. The lowest BCUT2D eigenvalue weighted by Crippen LogP contribution is -2.47. The molecule has 1 aliphatic heterocycles. The maximum atomic E-state index is 13.9. The Hall–Kier alpha value is -3.09. The van der Waals surface area contributed by atoms with Crippen LogP contribution >= 0.6 is 0 Å². The van der Waals surface area contributed by atoms with Gasteiger partial charge in [0.1, 0.15) is 16.8 Å². The van der Waals surface area contributed by atoms with Crippen LogP contribution in [-0.4, -0.2) is 38.4 Å². The lowest BCUT2D eigenvalue weighted by Gasteiger charge is -2.39. The number of rotatable bonds is 5. The van der Waals surface area contributed by atoms with E-state index in [1.165, 1.54) is 37.1 Å². The Bertz CT molecular complexity index is 1320. The quantitative estimate of drug-likeness (QED) is 0.355. The Morgan fingerprint density at radius 1 is 1.02 bits per heavy atom. The van der Waals surface area contributed by atoms with Gasteiger partial charge >= 0.3 is 18.4 Å². The monoisotopic (exact) mass is 607 g/mol. The molecule has 0 bridgehead atoms. The highest BCUT2D eigenvalue weighted by atomic mass is 32.2. The van der Waals surface area contributed by atoms with Crippen LogP contribution in [0.3, 0.4) is 0 Å². The second-order valence-corrected chi connectivity index (χ2v) is 12.9. The predicted molar refractivity (Wildman–Crippen MR) is 142 cm³/mol. The summed E-state index contributed by atoms with van der Waals surface area (Å²) in [6.45, 7) is 8.43. The Morgan fingerprint density at radius 3 is 2.07 bits per heavy atom. The molecular weight excluding hydrogens is 575 g/mol. The SMILES string of the molecule is Cc1cc(F)ccc1[C@H]1C=C(NS(=O)C(C)(C)C)CCN1C(=O)N(C)[C@H](C)c1cc(C(F)(F)F)cc(C(F)(F)F)c1. The molecule has 226 valence electrons. The van der Waals surface area contributed by atoms with Gasteiger partial charge in [-0.1, -0.05) is 6.07 Å². The first kappa shape index (κ1) is 32.4. The fraction of sp³-hybridized carbons (Fsp3) is 0.464. The number of benzene rings is 2. The number of hydrogen-bond acceptors (Lipinski definition) is 2. The van der Waals surface area contributed by atoms with Crippen LogP contribution in [0.4, 0.5) is 35.5 Å². The van der Waals surface area contributed by atoms with E-state index in [0.717, 1.165) is 4.90 Å². The zero-order valence-electron chi connectivity index (χ0n) is 23.4. The van der Waals surface area contributed by atoms with Crippen molar-refractivity contribution in [2.45, 2.75) is 70.2 Å². The minimum atomic E-state index is -5.03. The van der Waals surface area contributed by atoms with Crippen LogP contribution in [0.2, 0.25) is 0 Å². The van der Waals surface area contributed by atoms with Gasteiger partial charge in [-0.25, -0.2) is 13.4 Å². The summed E-state index contributed by atoms with van der Waals surface area (Å²) < 4.78 is 110. The fourth-order valence-corrected chi connectivity index (χ4v) is 5.07. The van der Waals surface area contributed by atoms with Crippen molar-refractivity contribution in [1.29, 1.82) is 0 Å². The normalized spacial score (nSPS) is 18.0. The molecule has 0 aliphatic carbocycles. The highest BCUT2D eigenvalue weighted by molar-refractivity contribution is 7.84. The maximum Gasteiger partial charge on any atom is 0.416 e. The summed E-state index contributed by atoms with van der Waals surface area (Å²) in [7, 11) is -0.181. The number of nitrogens with one attached hydrogen (secondary N) is 1. The van der Waals surface area contributed by atoms with Crippen LogP contribution < -0.4 is 4.72 Å². The zero-order chi connectivity index (χ0) is 31.1. The molecule has 2 aromatic carbocycles. The maximum absolute atomic E-state index is 13.9. The Labute approximate surface area is 237 Å². The number of amides is 2. The summed E-state index contributed by atoms with van der Waals surface area (Å²) in [6, 6.07) is 2.64. The van der Waals surface area contributed by atoms with E-state index in [9.17, 15) is 39.7 Å². The van der Waals surface area contributed by atoms with Crippen LogP contribution in [-0.2, 0) is 23.3 Å². The molecule has 3 rings (SSSR count). The van der Waals surface area contributed by atoms with Crippen molar-refractivity contribution in [3.63, 3.8) is 0 Å². The smallest absolute Gasteiger partial charge is 0.321 e. The van der Waals surface area contributed by atoms with Crippen LogP contribution in [0.25, 0.3) is 0 Å². The van der Waals surface area contributed by atoms with E-state index in [1.807, 2.05) is 0 Å². The minimum Gasteiger partial charge on any atom is -0.321 e. The summed E-state index contributed by atoms with van der Waals surface area (Å²) >= 11 is 0. The number of urea groups is 1. The largest absolute Gasteiger partial charge is 0.416 e. The van der Waals surface area contributed by atoms with E-state index in [-0.39, 0.29) is 24.6 Å². The second-order valence-electron chi connectivity index (χ2n) is 11.0. The van der Waals surface area contributed by atoms with E-state index < -0.39 is 63.1 Å². The molecule has 5 nitrogen and oxygen atoms in total. The molecule has 1 heterocycles. The van der Waals surface area contributed by atoms with E-state index >= 15 is 0 Å². The lowest BCUT2D eigenvalue weighted by molar-refractivity contribution is -0.143. The van der Waals surface area contributed by atoms with Crippen LogP contribution in [0.5, 0.6) is 0 Å². The number of carbonyl (C=O) groups is 1. The van der Waals surface area contributed by atoms with E-state index in [4.69, 9.17) is 0 Å². The van der Waals surface area contributed by atoms with Crippen molar-refractivity contribution in [3.8, 4) is 0 Å². The molecule has 1 unspecified atom stereocenters. The van der Waals surface area contributed by atoms with Gasteiger partial charge < -0.3 is 14.5 Å². The van der Waals surface area contributed by atoms with Gasteiger partial charge in [-0.3, -0.25) is 0 Å². The van der Waals surface area contributed by atoms with Crippen LogP contribution in [0.15, 0.2) is 48.2 Å². The Morgan fingerprint density at radius 2 is 1.59 bits per heavy atom. The average Bonchev–Trinajstić information content (AvgIpc) is 2.85. The summed E-state index contributed by atoms with van der Waals surface area (Å²) in [4.78, 5) is 16.2. The van der Waals surface area contributed by atoms with E-state index in [1.54, 1.807) is 33.8 Å². The van der Waals surface area contributed by atoms with Gasteiger partial charge in [0.05, 0.1) is 28.0 Å². The first-order valence-electron chi connectivity index (χ1n) is 12.7. The average molecular weight is 608 g/mol. The molecule has 2 aromatic rings. The van der Waals surface area contributed by atoms with Gasteiger partial charge in [0, 0.05) is 25.7 Å². The van der Waals surface area contributed by atoms with Crippen LogP contribution in [0, 0.1) is 12.7 Å². The van der Waals surface area contributed by atoms with Gasteiger partial charge in [0.2, 0.25) is 0 Å². The number of aryl methyl sites for hydroxylation is 1. The minimum absolute atomic E-state index is 0.0386. The molecule has 13 heteroatoms. The molecule has 3 atom stereocenters. The highest BCUT2D eigenvalue weighted by Gasteiger charge is 2.39. The van der Waals surface area contributed by atoms with Gasteiger partial charge in [0.25, 0.3) is 0 Å². The fourth-order valence-electron chi connectivity index (χ4n) is 4.36. The Balaban J connectivity index is 2.01. The summed E-state index contributed by atoms with van der Waals surface area (Å²) in [5.74, 6) is -0.494. The predicted octanol–water partition coefficient (Wildman–Crippen LogP) is 7.67. The molecule has 2 amide bonds. The highest BCUT2D eigenvalue weighted by Crippen LogP contribution is 2.39. The number of nitrogens with zero attached hydrogens (tertiary/aromatic N) is 2. The molecule has 0 aromatic heterocycles. The van der Waals surface area contributed by atoms with E-state index in [0.29, 0.717) is 29.0 Å². The summed E-state index contributed by atoms with van der Waals surface area (Å²) in [5.41, 5.74) is -1.63. The lowest BCUT2D eigenvalue weighted by atomic mass is 9.95. The van der Waals surface area contributed by atoms with Crippen molar-refractivity contribution in [3.05, 3.63) is 81.8 Å². The first-order chi connectivity index (χ1) is 18.7. The number of hydrogen-bond donors (Lipinski definition) is 1. The standard InChI is InChI=1S/C28H32F7N3O2S/c1-16-11-21(29)7-8-23(16)24-15-22(36-41(40)26(3,4)5)9-10-38(24)25(39)37(6)17(2)18-12-19(27(30,31)32)14-20(13-18)28(33,34)35/h7-8,11-15,17,24,36H,9-10H2,1-6H3/t17-,24-,41?/m1/s1.